The summed E-state index contributed by atoms with van der Waals surface area (Å²) in [6.45, 7) is 0. The average molecular weight is 398 g/mol. The molecule has 2 atom stereocenters. The van der Waals surface area contributed by atoms with Gasteiger partial charge in [0.15, 0.2) is 0 Å². The van der Waals surface area contributed by atoms with Crippen LogP contribution in [0.2, 0.25) is 0 Å². The molecule has 0 spiro atoms. The Kier molecular flexibility index (Phi) is 4.74. The Morgan fingerprint density at radius 1 is 1.00 bits per heavy atom. The van der Waals surface area contributed by atoms with Crippen LogP contribution in [0.15, 0.2) is 71.7 Å². The maximum atomic E-state index is 14.0. The monoisotopic (exact) mass is 398 g/mol. The van der Waals surface area contributed by atoms with Crippen molar-refractivity contribution in [3.63, 3.8) is 0 Å². The van der Waals surface area contributed by atoms with E-state index in [4.69, 9.17) is 4.74 Å². The van der Waals surface area contributed by atoms with Gasteiger partial charge in [-0.3, -0.25) is 4.79 Å². The van der Waals surface area contributed by atoms with Gasteiger partial charge in [-0.05, 0) is 28.5 Å². The second-order valence-corrected chi connectivity index (χ2v) is 6.70. The predicted octanol–water partition coefficient (Wildman–Crippen LogP) is 5.43. The van der Waals surface area contributed by atoms with Gasteiger partial charge in [-0.25, -0.2) is 4.99 Å². The van der Waals surface area contributed by atoms with Crippen molar-refractivity contribution in [1.82, 2.24) is 0 Å². The molecule has 0 aromatic heterocycles. The highest BCUT2D eigenvalue weighted by molar-refractivity contribution is 6.09. The first-order valence-electron chi connectivity index (χ1n) is 8.97. The number of esters is 1. The maximum absolute atomic E-state index is 14.0. The zero-order chi connectivity index (χ0) is 20.6. The lowest BCUT2D eigenvalue weighted by atomic mass is 9.86. The summed E-state index contributed by atoms with van der Waals surface area (Å²) >= 11 is 0. The van der Waals surface area contributed by atoms with Crippen LogP contribution in [0.5, 0.6) is 0 Å². The second kappa shape index (κ2) is 7.24. The lowest BCUT2D eigenvalue weighted by Gasteiger charge is -2.28. The number of anilines is 1. The van der Waals surface area contributed by atoms with E-state index in [9.17, 15) is 18.0 Å². The molecule has 4 nitrogen and oxygen atoms in total. The number of hydrogen-bond donors (Lipinski definition) is 1. The Labute approximate surface area is 165 Å². The maximum Gasteiger partial charge on any atom is 0.430 e. The molecule has 3 aromatic rings. The van der Waals surface area contributed by atoms with E-state index in [0.29, 0.717) is 11.3 Å². The molecule has 0 aliphatic carbocycles. The molecule has 0 radical (unpaired) electrons. The Balaban J connectivity index is 2.00. The first kappa shape index (κ1) is 19.0. The van der Waals surface area contributed by atoms with Crippen LogP contribution in [0.25, 0.3) is 10.8 Å². The number of nitrogens with zero attached hydrogens (tertiary/aromatic N) is 1. The molecule has 4 rings (SSSR count). The van der Waals surface area contributed by atoms with Crippen molar-refractivity contribution in [2.24, 2.45) is 10.9 Å². The molecule has 3 aromatic carbocycles. The van der Waals surface area contributed by atoms with Crippen molar-refractivity contribution in [1.29, 1.82) is 0 Å². The fraction of sp³-hybridized carbons (Fsp3) is 0.182. The largest absolute Gasteiger partial charge is 0.468 e. The quantitative estimate of drug-likeness (QED) is 0.586. The minimum absolute atomic E-state index is 0.122. The van der Waals surface area contributed by atoms with E-state index in [0.717, 1.165) is 17.9 Å². The molecule has 0 fully saturated rings. The summed E-state index contributed by atoms with van der Waals surface area (Å²) in [6, 6.07) is 18.1. The SMILES string of the molecule is COC(=O)C1C(C(F)(F)F)=Nc2ccccc2NC1c1cccc2ccccc12. The molecule has 1 aliphatic rings. The van der Waals surface area contributed by atoms with Crippen LogP contribution < -0.4 is 5.32 Å². The van der Waals surface area contributed by atoms with Gasteiger partial charge in [0.2, 0.25) is 0 Å². The van der Waals surface area contributed by atoms with Crippen LogP contribution in [0, 0.1) is 5.92 Å². The third kappa shape index (κ3) is 3.44. The first-order valence-corrected chi connectivity index (χ1v) is 8.97. The number of carbonyl (C=O) groups excluding carboxylic acids is 1. The number of fused-ring (bicyclic) bond motifs is 2. The fourth-order valence-electron chi connectivity index (χ4n) is 3.69. The van der Waals surface area contributed by atoms with E-state index in [2.05, 4.69) is 10.3 Å². The van der Waals surface area contributed by atoms with E-state index >= 15 is 0 Å². The Bertz CT molecular complexity index is 1100. The van der Waals surface area contributed by atoms with E-state index < -0.39 is 29.8 Å². The smallest absolute Gasteiger partial charge is 0.430 e. The number of hydrogen-bond acceptors (Lipinski definition) is 4. The second-order valence-electron chi connectivity index (χ2n) is 6.70. The van der Waals surface area contributed by atoms with Crippen molar-refractivity contribution in [3.05, 3.63) is 72.3 Å². The fourth-order valence-corrected chi connectivity index (χ4v) is 3.69. The molecule has 2 unspecified atom stereocenters. The molecule has 0 saturated carbocycles. The molecule has 1 N–H and O–H groups in total. The molecular formula is C22H17F3N2O2. The minimum Gasteiger partial charge on any atom is -0.468 e. The zero-order valence-corrected chi connectivity index (χ0v) is 15.4. The predicted molar refractivity (Wildman–Crippen MR) is 105 cm³/mol. The Morgan fingerprint density at radius 3 is 2.45 bits per heavy atom. The number of alkyl halides is 3. The number of methoxy groups -OCH3 is 1. The summed E-state index contributed by atoms with van der Waals surface area (Å²) in [5, 5.41) is 4.73. The van der Waals surface area contributed by atoms with Crippen LogP contribution in [0.1, 0.15) is 11.6 Å². The lowest BCUT2D eigenvalue weighted by molar-refractivity contribution is -0.145. The van der Waals surface area contributed by atoms with Crippen LogP contribution in [0.3, 0.4) is 0 Å². The van der Waals surface area contributed by atoms with Crippen LogP contribution in [-0.4, -0.2) is 25.0 Å². The van der Waals surface area contributed by atoms with E-state index in [1.807, 2.05) is 30.3 Å². The number of rotatable bonds is 2. The summed E-state index contributed by atoms with van der Waals surface area (Å²) in [4.78, 5) is 16.4. The van der Waals surface area contributed by atoms with Gasteiger partial charge in [-0.15, -0.1) is 0 Å². The number of nitrogens with one attached hydrogen (secondary N) is 1. The summed E-state index contributed by atoms with van der Waals surface area (Å²) in [5.74, 6) is -2.67. The number of benzene rings is 3. The molecule has 29 heavy (non-hydrogen) atoms. The van der Waals surface area contributed by atoms with Gasteiger partial charge in [-0.2, -0.15) is 13.2 Å². The molecule has 0 saturated heterocycles. The van der Waals surface area contributed by atoms with Crippen molar-refractivity contribution >= 4 is 33.8 Å². The zero-order valence-electron chi connectivity index (χ0n) is 15.4. The molecule has 148 valence electrons. The standard InChI is InChI=1S/C22H17F3N2O2/c1-29-21(28)18-19(15-10-6-8-13-7-2-3-9-14(13)15)26-16-11-4-5-12-17(16)27-20(18)22(23,24)25/h2-12,18-19,26H,1H3. The summed E-state index contributed by atoms with van der Waals surface area (Å²) in [5.41, 5.74) is -0.0815. The van der Waals surface area contributed by atoms with E-state index in [-0.39, 0.29) is 5.69 Å². The van der Waals surface area contributed by atoms with E-state index in [1.165, 1.54) is 6.07 Å². The number of para-hydroxylation sites is 2. The number of aliphatic imine (C=N–C) groups is 1. The molecular weight excluding hydrogens is 381 g/mol. The number of carbonyl (C=O) groups is 1. The van der Waals surface area contributed by atoms with Gasteiger partial charge in [0.05, 0.1) is 24.5 Å². The lowest BCUT2D eigenvalue weighted by Crippen LogP contribution is -2.41. The normalized spacial score (nSPS) is 19.0. The first-order chi connectivity index (χ1) is 13.9. The molecule has 1 heterocycles. The average Bonchev–Trinajstić information content (AvgIpc) is 2.90. The number of ether oxygens (including phenoxy) is 1. The highest BCUT2D eigenvalue weighted by Crippen LogP contribution is 2.42. The van der Waals surface area contributed by atoms with Crippen molar-refractivity contribution in [2.45, 2.75) is 12.2 Å². The van der Waals surface area contributed by atoms with Gasteiger partial charge in [0, 0.05) is 0 Å². The Morgan fingerprint density at radius 2 is 1.69 bits per heavy atom. The van der Waals surface area contributed by atoms with Crippen molar-refractivity contribution in [2.75, 3.05) is 12.4 Å². The van der Waals surface area contributed by atoms with Crippen LogP contribution >= 0.6 is 0 Å². The van der Waals surface area contributed by atoms with Gasteiger partial charge in [0.1, 0.15) is 11.6 Å². The molecule has 0 amide bonds. The van der Waals surface area contributed by atoms with Crippen LogP contribution in [-0.2, 0) is 9.53 Å². The summed E-state index contributed by atoms with van der Waals surface area (Å²) in [7, 11) is 1.08. The van der Waals surface area contributed by atoms with Gasteiger partial charge in [-0.1, -0.05) is 54.6 Å². The highest BCUT2D eigenvalue weighted by Gasteiger charge is 2.49. The van der Waals surface area contributed by atoms with E-state index in [1.54, 1.807) is 30.3 Å². The Hall–Kier alpha value is -3.35. The highest BCUT2D eigenvalue weighted by atomic mass is 19.4. The number of halogens is 3. The minimum atomic E-state index is -4.80. The summed E-state index contributed by atoms with van der Waals surface area (Å²) < 4.78 is 46.8. The molecule has 1 aliphatic heterocycles. The summed E-state index contributed by atoms with van der Waals surface area (Å²) in [6.07, 6.45) is -4.80. The van der Waals surface area contributed by atoms with Gasteiger partial charge in [0.25, 0.3) is 0 Å². The third-order valence-electron chi connectivity index (χ3n) is 4.99. The van der Waals surface area contributed by atoms with Gasteiger partial charge >= 0.3 is 12.1 Å². The molecule has 0 bridgehead atoms. The third-order valence-corrected chi connectivity index (χ3v) is 4.99. The topological polar surface area (TPSA) is 50.7 Å². The molecule has 7 heteroatoms. The van der Waals surface area contributed by atoms with Crippen LogP contribution in [0.4, 0.5) is 24.5 Å². The van der Waals surface area contributed by atoms with Crippen molar-refractivity contribution in [3.8, 4) is 0 Å². The van der Waals surface area contributed by atoms with Gasteiger partial charge < -0.3 is 10.1 Å². The van der Waals surface area contributed by atoms with Crippen molar-refractivity contribution < 1.29 is 22.7 Å².